The Bertz CT molecular complexity index is 524. The molecule has 0 aliphatic rings. The number of rotatable bonds is 3. The minimum Gasteiger partial charge on any atom is -0.292 e. The van der Waals surface area contributed by atoms with Crippen molar-refractivity contribution < 1.29 is 9.18 Å². The van der Waals surface area contributed by atoms with Crippen molar-refractivity contribution in [2.75, 3.05) is 0 Å². The van der Waals surface area contributed by atoms with Gasteiger partial charge in [-0.15, -0.1) is 0 Å². The Morgan fingerprint density at radius 2 is 2.19 bits per heavy atom. The Balaban J connectivity index is 2.18. The van der Waals surface area contributed by atoms with E-state index < -0.39 is 5.82 Å². The summed E-state index contributed by atoms with van der Waals surface area (Å²) in [4.78, 5) is 11.7. The summed E-state index contributed by atoms with van der Waals surface area (Å²) in [6, 6.07) is 5.96. The molecular weight excluding hydrogens is 322 g/mol. The number of hydrogen-bond donors (Lipinski definition) is 0. The topological polar surface area (TPSA) is 34.9 Å². The van der Waals surface area contributed by atoms with Crippen LogP contribution in [0.4, 0.5) is 4.39 Å². The van der Waals surface area contributed by atoms with Gasteiger partial charge in [0.15, 0.2) is 5.78 Å². The highest BCUT2D eigenvalue weighted by atomic mass is 127. The lowest BCUT2D eigenvalue weighted by atomic mass is 10.1. The zero-order valence-corrected chi connectivity index (χ0v) is 10.4. The Morgan fingerprint density at radius 1 is 1.44 bits per heavy atom. The first-order valence-electron chi connectivity index (χ1n) is 4.62. The van der Waals surface area contributed by atoms with Crippen LogP contribution >= 0.6 is 22.6 Å². The summed E-state index contributed by atoms with van der Waals surface area (Å²) >= 11 is 2.10. The molecule has 2 rings (SSSR count). The van der Waals surface area contributed by atoms with Gasteiger partial charge in [0.05, 0.1) is 15.3 Å². The second kappa shape index (κ2) is 4.73. The monoisotopic (exact) mass is 330 g/mol. The van der Waals surface area contributed by atoms with Crippen molar-refractivity contribution in [3.05, 3.63) is 51.6 Å². The van der Waals surface area contributed by atoms with E-state index in [1.807, 2.05) is 0 Å². The van der Waals surface area contributed by atoms with Crippen LogP contribution in [-0.2, 0) is 6.54 Å². The highest BCUT2D eigenvalue weighted by molar-refractivity contribution is 14.1. The summed E-state index contributed by atoms with van der Waals surface area (Å²) in [6.45, 7) is 0.0595. The second-order valence-corrected chi connectivity index (χ2v) is 4.50. The number of halogens is 2. The van der Waals surface area contributed by atoms with Crippen LogP contribution < -0.4 is 0 Å². The maximum absolute atomic E-state index is 13.3. The van der Waals surface area contributed by atoms with Gasteiger partial charge in [0.2, 0.25) is 0 Å². The fourth-order valence-corrected chi connectivity index (χ4v) is 1.79. The highest BCUT2D eigenvalue weighted by Gasteiger charge is 2.11. The molecule has 0 unspecified atom stereocenters. The standard InChI is InChI=1S/C11H8FIN2O/c12-10-4-2-1-3-9(10)11(16)7-15-6-8(13)5-14-15/h1-6H,7H2. The van der Waals surface area contributed by atoms with E-state index in [-0.39, 0.29) is 17.9 Å². The molecule has 3 nitrogen and oxygen atoms in total. The molecular formula is C11H8FIN2O. The molecule has 0 aliphatic heterocycles. The molecule has 0 bridgehead atoms. The summed E-state index contributed by atoms with van der Waals surface area (Å²) < 4.78 is 15.7. The van der Waals surface area contributed by atoms with Crippen LogP contribution in [-0.4, -0.2) is 15.6 Å². The molecule has 0 amide bonds. The van der Waals surface area contributed by atoms with Crippen molar-refractivity contribution >= 4 is 28.4 Å². The van der Waals surface area contributed by atoms with Crippen LogP contribution in [0.15, 0.2) is 36.7 Å². The van der Waals surface area contributed by atoms with Crippen LogP contribution in [0.5, 0.6) is 0 Å². The van der Waals surface area contributed by atoms with Gasteiger partial charge in [-0.1, -0.05) is 12.1 Å². The molecule has 0 spiro atoms. The first kappa shape index (κ1) is 11.3. The number of nitrogens with zero attached hydrogens (tertiary/aromatic N) is 2. The summed E-state index contributed by atoms with van der Waals surface area (Å²) in [7, 11) is 0. The Morgan fingerprint density at radius 3 is 2.81 bits per heavy atom. The highest BCUT2D eigenvalue weighted by Crippen LogP contribution is 2.09. The van der Waals surface area contributed by atoms with Crippen molar-refractivity contribution in [1.82, 2.24) is 9.78 Å². The first-order chi connectivity index (χ1) is 7.66. The summed E-state index contributed by atoms with van der Waals surface area (Å²) in [5.41, 5.74) is 0.105. The second-order valence-electron chi connectivity index (χ2n) is 3.26. The Kier molecular flexibility index (Phi) is 3.33. The molecule has 0 fully saturated rings. The molecule has 5 heteroatoms. The molecule has 0 saturated carbocycles. The molecule has 0 aliphatic carbocycles. The molecule has 1 aromatic carbocycles. The molecule has 1 heterocycles. The number of benzene rings is 1. The van der Waals surface area contributed by atoms with Gasteiger partial charge >= 0.3 is 0 Å². The predicted octanol–water partition coefficient (Wildman–Crippen LogP) is 2.51. The van der Waals surface area contributed by atoms with Gasteiger partial charge in [0.1, 0.15) is 12.4 Å². The normalized spacial score (nSPS) is 10.4. The molecule has 0 radical (unpaired) electrons. The van der Waals surface area contributed by atoms with E-state index in [2.05, 4.69) is 27.7 Å². The third kappa shape index (κ3) is 2.46. The van der Waals surface area contributed by atoms with Crippen molar-refractivity contribution in [1.29, 1.82) is 0 Å². The van der Waals surface area contributed by atoms with E-state index in [1.54, 1.807) is 24.5 Å². The predicted molar refractivity (Wildman–Crippen MR) is 65.7 cm³/mol. The van der Waals surface area contributed by atoms with E-state index in [0.717, 1.165) is 3.57 Å². The lowest BCUT2D eigenvalue weighted by Gasteiger charge is -2.02. The van der Waals surface area contributed by atoms with Crippen LogP contribution in [0, 0.1) is 9.39 Å². The molecule has 2 aromatic rings. The molecule has 0 atom stereocenters. The van der Waals surface area contributed by atoms with Gasteiger partial charge in [-0.25, -0.2) is 4.39 Å². The lowest BCUT2D eigenvalue weighted by molar-refractivity contribution is 0.0964. The van der Waals surface area contributed by atoms with Crippen LogP contribution in [0.25, 0.3) is 0 Å². The van der Waals surface area contributed by atoms with Gasteiger partial charge in [-0.05, 0) is 34.7 Å². The summed E-state index contributed by atoms with van der Waals surface area (Å²) in [5, 5.41) is 3.98. The number of carbonyl (C=O) groups excluding carboxylic acids is 1. The van der Waals surface area contributed by atoms with E-state index >= 15 is 0 Å². The number of ketones is 1. The molecule has 0 saturated heterocycles. The Labute approximate surface area is 105 Å². The Hall–Kier alpha value is -1.24. The minimum absolute atomic E-state index is 0.0595. The van der Waals surface area contributed by atoms with Gasteiger partial charge in [-0.3, -0.25) is 9.48 Å². The summed E-state index contributed by atoms with van der Waals surface area (Å²) in [6.07, 6.45) is 3.38. The third-order valence-corrected chi connectivity index (χ3v) is 2.64. The number of Topliss-reactive ketones (excluding diaryl/α,β-unsaturated/α-hetero) is 1. The molecule has 16 heavy (non-hydrogen) atoms. The smallest absolute Gasteiger partial charge is 0.187 e. The number of hydrogen-bond acceptors (Lipinski definition) is 2. The zero-order valence-electron chi connectivity index (χ0n) is 8.23. The van der Waals surface area contributed by atoms with E-state index in [0.29, 0.717) is 0 Å². The van der Waals surface area contributed by atoms with E-state index in [4.69, 9.17) is 0 Å². The van der Waals surface area contributed by atoms with Gasteiger partial charge in [0, 0.05) is 6.20 Å². The lowest BCUT2D eigenvalue weighted by Crippen LogP contribution is -2.12. The van der Waals surface area contributed by atoms with Crippen LogP contribution in [0.2, 0.25) is 0 Å². The fourth-order valence-electron chi connectivity index (χ4n) is 1.34. The number of carbonyl (C=O) groups is 1. The maximum Gasteiger partial charge on any atom is 0.187 e. The van der Waals surface area contributed by atoms with E-state index in [9.17, 15) is 9.18 Å². The van der Waals surface area contributed by atoms with Crippen molar-refractivity contribution in [2.45, 2.75) is 6.54 Å². The quantitative estimate of drug-likeness (QED) is 0.640. The first-order valence-corrected chi connectivity index (χ1v) is 5.70. The molecule has 82 valence electrons. The van der Waals surface area contributed by atoms with Gasteiger partial charge in [-0.2, -0.15) is 5.10 Å². The van der Waals surface area contributed by atoms with Crippen molar-refractivity contribution in [3.63, 3.8) is 0 Å². The average molecular weight is 330 g/mol. The summed E-state index contributed by atoms with van der Waals surface area (Å²) in [5.74, 6) is -0.771. The average Bonchev–Trinajstić information content (AvgIpc) is 2.64. The largest absolute Gasteiger partial charge is 0.292 e. The van der Waals surface area contributed by atoms with Crippen LogP contribution in [0.3, 0.4) is 0 Å². The molecule has 1 aromatic heterocycles. The van der Waals surface area contributed by atoms with E-state index in [1.165, 1.54) is 16.8 Å². The SMILES string of the molecule is O=C(Cn1cc(I)cn1)c1ccccc1F. The number of aromatic nitrogens is 2. The van der Waals surface area contributed by atoms with Gasteiger partial charge in [0.25, 0.3) is 0 Å². The van der Waals surface area contributed by atoms with Gasteiger partial charge < -0.3 is 0 Å². The minimum atomic E-state index is -0.491. The maximum atomic E-state index is 13.3. The zero-order chi connectivity index (χ0) is 11.5. The van der Waals surface area contributed by atoms with Crippen molar-refractivity contribution in [2.24, 2.45) is 0 Å². The third-order valence-electron chi connectivity index (χ3n) is 2.08. The van der Waals surface area contributed by atoms with Crippen molar-refractivity contribution in [3.8, 4) is 0 Å². The fraction of sp³-hybridized carbons (Fsp3) is 0.0909. The van der Waals surface area contributed by atoms with Crippen LogP contribution in [0.1, 0.15) is 10.4 Å². The molecule has 0 N–H and O–H groups in total.